The molecule has 0 saturated carbocycles. The van der Waals surface area contributed by atoms with Gasteiger partial charge in [0, 0.05) is 19.8 Å². The molecule has 0 aromatic carbocycles. The Morgan fingerprint density at radius 3 is 0.699 bits per heavy atom. The molecule has 0 fully saturated rings. The van der Waals surface area contributed by atoms with E-state index < -0.39 is 15.6 Å². The summed E-state index contributed by atoms with van der Waals surface area (Å²) >= 11 is 0. The topological polar surface area (TPSA) is 150 Å². The van der Waals surface area contributed by atoms with Gasteiger partial charge in [-0.3, -0.25) is 13.6 Å². The minimum absolute atomic E-state index is 0.0521. The van der Waals surface area contributed by atoms with Crippen LogP contribution in [0.4, 0.5) is 0 Å². The van der Waals surface area contributed by atoms with Crippen molar-refractivity contribution in [3.63, 3.8) is 0 Å². The molecule has 3 N–H and O–H groups in total. The average molecular weight is 1080 g/mol. The Labute approximate surface area is 451 Å². The molecular formula is C60H120O11P2. The summed E-state index contributed by atoms with van der Waals surface area (Å²) in [4.78, 5) is 26.8. The number of hydrogen-bond donors (Lipinski definition) is 3. The summed E-state index contributed by atoms with van der Waals surface area (Å²) in [6.07, 6.45) is 68.0. The van der Waals surface area contributed by atoms with E-state index in [4.69, 9.17) is 33.0 Å². The van der Waals surface area contributed by atoms with Crippen LogP contribution in [0.15, 0.2) is 36.5 Å². The Bertz CT molecular complexity index is 1170. The van der Waals surface area contributed by atoms with Gasteiger partial charge < -0.3 is 28.9 Å². The van der Waals surface area contributed by atoms with Crippen LogP contribution in [-0.4, -0.2) is 74.1 Å². The molecule has 0 heterocycles. The molecule has 0 aliphatic rings. The van der Waals surface area contributed by atoms with Gasteiger partial charge in [0.05, 0.1) is 39.6 Å². The maximum atomic E-state index is 12.0. The second-order valence-corrected chi connectivity index (χ2v) is 22.8. The Morgan fingerprint density at radius 2 is 0.466 bits per heavy atom. The Kier molecular flexibility index (Phi) is 65.1. The van der Waals surface area contributed by atoms with Crippen LogP contribution in [0, 0.1) is 0 Å². The van der Waals surface area contributed by atoms with Crippen LogP contribution < -0.4 is 0 Å². The molecule has 0 rings (SSSR count). The molecule has 0 aromatic heterocycles. The zero-order valence-corrected chi connectivity index (χ0v) is 49.8. The number of hydrogen-bond acceptors (Lipinski definition) is 8. The van der Waals surface area contributed by atoms with E-state index in [9.17, 15) is 14.0 Å². The van der Waals surface area contributed by atoms with Crippen molar-refractivity contribution in [2.75, 3.05) is 59.5 Å². The lowest BCUT2D eigenvalue weighted by molar-refractivity contribution is 0.0564. The van der Waals surface area contributed by atoms with E-state index in [1.54, 1.807) is 0 Å². The van der Waals surface area contributed by atoms with Crippen LogP contribution in [0.3, 0.4) is 0 Å². The predicted octanol–water partition coefficient (Wildman–Crippen LogP) is 19.4. The molecule has 11 nitrogen and oxygen atoms in total. The van der Waals surface area contributed by atoms with Crippen molar-refractivity contribution in [2.45, 2.75) is 290 Å². The Balaban J connectivity index is 0. The molecule has 0 spiro atoms. The third-order valence-corrected chi connectivity index (χ3v) is 14.4. The zero-order chi connectivity index (χ0) is 53.5. The molecule has 0 aliphatic carbocycles. The molecule has 436 valence electrons. The minimum Gasteiger partial charge on any atom is -0.379 e. The van der Waals surface area contributed by atoms with Crippen LogP contribution in [0.1, 0.15) is 290 Å². The van der Waals surface area contributed by atoms with E-state index in [2.05, 4.69) is 61.8 Å². The van der Waals surface area contributed by atoms with Crippen LogP contribution >= 0.6 is 15.6 Å². The van der Waals surface area contributed by atoms with Gasteiger partial charge in [-0.05, 0) is 96.3 Å². The maximum absolute atomic E-state index is 12.0. The SMILES string of the molecule is CCCCCCCC/C=C\CCCCCCCCOCCOP(=O)(O)O.CCCCCCCC/C=C\CCCCCCCCOCCOP(=O)(O)OCCOCCCCCCCC/C=C\CCCCCCCC. The molecule has 0 unspecified atom stereocenters. The van der Waals surface area contributed by atoms with E-state index >= 15 is 0 Å². The third kappa shape index (κ3) is 73.4. The number of unbranched alkanes of at least 4 members (excludes halogenated alkanes) is 36. The van der Waals surface area contributed by atoms with Gasteiger partial charge >= 0.3 is 15.6 Å². The van der Waals surface area contributed by atoms with Crippen LogP contribution in [0.5, 0.6) is 0 Å². The van der Waals surface area contributed by atoms with Gasteiger partial charge in [-0.2, -0.15) is 0 Å². The molecule has 0 atom stereocenters. The normalized spacial score (nSPS) is 12.3. The standard InChI is InChI=1S/C40H79O6P.C20H41O5P/c1-3-5-7-9-11-13-15-17-19-21-23-25-27-29-31-33-35-43-37-39-45-47(41,42)46-40-38-44-36-34-32-30-28-26-24-22-20-18-16-14-12-10-8-6-4-2;1-2-3-4-5-6-7-8-9-10-11-12-13-14-15-16-17-18-24-19-20-25-26(21,22)23/h17-20H,3-16,21-40H2,1-2H3,(H,41,42);9-10H,2-8,11-20H2,1H3,(H2,21,22,23)/b19-17-,20-18-;10-9-. The molecule has 0 aromatic rings. The van der Waals surface area contributed by atoms with Gasteiger partial charge in [-0.1, -0.05) is 231 Å². The maximum Gasteiger partial charge on any atom is 0.472 e. The highest BCUT2D eigenvalue weighted by molar-refractivity contribution is 7.47. The van der Waals surface area contributed by atoms with Crippen molar-refractivity contribution in [3.8, 4) is 0 Å². The lowest BCUT2D eigenvalue weighted by Gasteiger charge is -2.12. The molecule has 0 amide bonds. The summed E-state index contributed by atoms with van der Waals surface area (Å²) < 4.78 is 53.1. The fourth-order valence-electron chi connectivity index (χ4n) is 8.34. The summed E-state index contributed by atoms with van der Waals surface area (Å²) in [5, 5.41) is 0. The van der Waals surface area contributed by atoms with E-state index in [0.717, 1.165) is 38.5 Å². The van der Waals surface area contributed by atoms with Crippen molar-refractivity contribution in [1.29, 1.82) is 0 Å². The second kappa shape index (κ2) is 63.8. The van der Waals surface area contributed by atoms with Crippen molar-refractivity contribution in [1.82, 2.24) is 0 Å². The summed E-state index contributed by atoms with van der Waals surface area (Å²) in [7, 11) is -8.39. The van der Waals surface area contributed by atoms with Crippen molar-refractivity contribution < 1.29 is 51.6 Å². The first-order valence-corrected chi connectivity index (χ1v) is 33.7. The summed E-state index contributed by atoms with van der Waals surface area (Å²) in [6.45, 7) is 9.62. The molecule has 0 bridgehead atoms. The average Bonchev–Trinajstić information content (AvgIpc) is 3.36. The highest BCUT2D eigenvalue weighted by atomic mass is 31.2. The van der Waals surface area contributed by atoms with E-state index in [-0.39, 0.29) is 26.4 Å². The van der Waals surface area contributed by atoms with Gasteiger partial charge in [0.25, 0.3) is 0 Å². The highest BCUT2D eigenvalue weighted by Crippen LogP contribution is 2.42. The van der Waals surface area contributed by atoms with Crippen molar-refractivity contribution >= 4 is 15.6 Å². The van der Waals surface area contributed by atoms with Crippen molar-refractivity contribution in [2.24, 2.45) is 0 Å². The third-order valence-electron chi connectivity index (χ3n) is 12.9. The molecule has 73 heavy (non-hydrogen) atoms. The number of phosphoric ester groups is 2. The van der Waals surface area contributed by atoms with E-state index in [0.29, 0.717) is 33.0 Å². The van der Waals surface area contributed by atoms with Gasteiger partial charge in [0.2, 0.25) is 0 Å². The van der Waals surface area contributed by atoms with Gasteiger partial charge in [-0.25, -0.2) is 9.13 Å². The summed E-state index contributed by atoms with van der Waals surface area (Å²) in [5.74, 6) is 0. The van der Waals surface area contributed by atoms with E-state index in [1.807, 2.05) is 0 Å². The molecule has 13 heteroatoms. The fourth-order valence-corrected chi connectivity index (χ4v) is 9.33. The van der Waals surface area contributed by atoms with Gasteiger partial charge in [0.1, 0.15) is 0 Å². The lowest BCUT2D eigenvalue weighted by Crippen LogP contribution is -2.08. The number of allylic oxidation sites excluding steroid dienone is 6. The number of ether oxygens (including phenoxy) is 3. The lowest BCUT2D eigenvalue weighted by atomic mass is 10.1. The van der Waals surface area contributed by atoms with Crippen molar-refractivity contribution in [3.05, 3.63) is 36.5 Å². The largest absolute Gasteiger partial charge is 0.472 e. The van der Waals surface area contributed by atoms with Gasteiger partial charge in [-0.15, -0.1) is 0 Å². The highest BCUT2D eigenvalue weighted by Gasteiger charge is 2.20. The van der Waals surface area contributed by atoms with E-state index in [1.165, 1.54) is 231 Å². The fraction of sp³-hybridized carbons (Fsp3) is 0.900. The van der Waals surface area contributed by atoms with Gasteiger partial charge in [0.15, 0.2) is 0 Å². The summed E-state index contributed by atoms with van der Waals surface area (Å²) in [6, 6.07) is 0. The van der Waals surface area contributed by atoms with Crippen LogP contribution in [0.25, 0.3) is 0 Å². The molecule has 0 radical (unpaired) electrons. The smallest absolute Gasteiger partial charge is 0.379 e. The first-order valence-electron chi connectivity index (χ1n) is 30.7. The number of phosphoric acid groups is 2. The molecule has 0 saturated heterocycles. The zero-order valence-electron chi connectivity index (χ0n) is 48.0. The summed E-state index contributed by atoms with van der Waals surface area (Å²) in [5.41, 5.74) is 0. The first kappa shape index (κ1) is 74.4. The second-order valence-electron chi connectivity index (χ2n) is 20.1. The number of rotatable bonds is 60. The predicted molar refractivity (Wildman–Crippen MR) is 311 cm³/mol. The Morgan fingerprint density at radius 1 is 0.260 bits per heavy atom. The molecular weight excluding hydrogens is 959 g/mol. The monoisotopic (exact) mass is 1080 g/mol. The quantitative estimate of drug-likeness (QED) is 0.0303. The van der Waals surface area contributed by atoms with Crippen LogP contribution in [-0.2, 0) is 36.9 Å². The minimum atomic E-state index is -4.34. The molecule has 0 aliphatic heterocycles. The Hall–Kier alpha value is -0.680. The van der Waals surface area contributed by atoms with Crippen LogP contribution in [0.2, 0.25) is 0 Å². The first-order chi connectivity index (χ1) is 35.7.